The van der Waals surface area contributed by atoms with Gasteiger partial charge in [-0.15, -0.1) is 0 Å². The number of carbonyl (C=O) groups excluding carboxylic acids is 1. The zero-order valence-electron chi connectivity index (χ0n) is 16.6. The van der Waals surface area contributed by atoms with Crippen LogP contribution in [0, 0.1) is 0 Å². The third-order valence-electron chi connectivity index (χ3n) is 5.60. The van der Waals surface area contributed by atoms with Gasteiger partial charge in [0.25, 0.3) is 0 Å². The van der Waals surface area contributed by atoms with E-state index in [-0.39, 0.29) is 6.61 Å². The fourth-order valence-electron chi connectivity index (χ4n) is 3.90. The third kappa shape index (κ3) is 3.41. The number of benzene rings is 3. The topological polar surface area (TPSA) is 76.0 Å². The summed E-state index contributed by atoms with van der Waals surface area (Å²) in [6.45, 7) is 1.15. The lowest BCUT2D eigenvalue weighted by molar-refractivity contribution is -0.156. The van der Waals surface area contributed by atoms with Crippen LogP contribution in [0.2, 0.25) is 0 Å². The molecule has 1 heterocycles. The second kappa shape index (κ2) is 8.03. The van der Waals surface area contributed by atoms with Crippen molar-refractivity contribution in [3.05, 3.63) is 108 Å². The minimum Gasteiger partial charge on any atom is -0.455 e. The van der Waals surface area contributed by atoms with Gasteiger partial charge in [-0.2, -0.15) is 0 Å². The normalized spacial score (nSPS) is 23.9. The van der Waals surface area contributed by atoms with Gasteiger partial charge < -0.3 is 19.7 Å². The van der Waals surface area contributed by atoms with Crippen LogP contribution in [0.25, 0.3) is 0 Å². The number of rotatable bonds is 6. The Morgan fingerprint density at radius 1 is 0.867 bits per heavy atom. The summed E-state index contributed by atoms with van der Waals surface area (Å²) in [5.74, 6) is -0.853. The second-order valence-corrected chi connectivity index (χ2v) is 7.63. The lowest BCUT2D eigenvalue weighted by atomic mass is 9.80. The largest absolute Gasteiger partial charge is 0.455 e. The molecule has 3 atom stereocenters. The Kier molecular flexibility index (Phi) is 5.43. The van der Waals surface area contributed by atoms with Gasteiger partial charge in [0.05, 0.1) is 6.61 Å². The summed E-state index contributed by atoms with van der Waals surface area (Å²) in [5.41, 5.74) is -0.262. The number of esters is 1. The molecule has 3 aromatic rings. The monoisotopic (exact) mass is 404 g/mol. The molecule has 0 bridgehead atoms. The first-order chi connectivity index (χ1) is 14.5. The first-order valence-electron chi connectivity index (χ1n) is 9.88. The highest BCUT2D eigenvalue weighted by atomic mass is 16.6. The van der Waals surface area contributed by atoms with Gasteiger partial charge in [0, 0.05) is 0 Å². The smallest absolute Gasteiger partial charge is 0.341 e. The van der Waals surface area contributed by atoms with Crippen LogP contribution in [0.15, 0.2) is 91.0 Å². The van der Waals surface area contributed by atoms with Crippen LogP contribution in [-0.4, -0.2) is 40.6 Å². The molecule has 0 amide bonds. The standard InChI is InChI=1S/C25H24O5/c1-24(28)22(26)21(30-23(24)27)17-29-25(18-11-5-2-6-12-18,19-13-7-3-8-14-19)20-15-9-4-10-16-20/h2-16,21-22,26,28H,17H2,1H3/t21-,22-,24-/m1/s1. The Morgan fingerprint density at radius 3 is 1.60 bits per heavy atom. The molecule has 1 saturated heterocycles. The van der Waals surface area contributed by atoms with E-state index in [1.54, 1.807) is 0 Å². The van der Waals surface area contributed by atoms with Crippen molar-refractivity contribution in [2.45, 2.75) is 30.3 Å². The number of ether oxygens (including phenoxy) is 2. The van der Waals surface area contributed by atoms with Crippen molar-refractivity contribution in [2.75, 3.05) is 6.61 Å². The van der Waals surface area contributed by atoms with Crippen LogP contribution in [0.4, 0.5) is 0 Å². The molecule has 1 aliphatic heterocycles. The summed E-state index contributed by atoms with van der Waals surface area (Å²) < 4.78 is 11.8. The highest BCUT2D eigenvalue weighted by molar-refractivity contribution is 5.82. The van der Waals surface area contributed by atoms with Crippen molar-refractivity contribution in [3.8, 4) is 0 Å². The highest BCUT2D eigenvalue weighted by Gasteiger charge is 2.53. The van der Waals surface area contributed by atoms with Crippen LogP contribution >= 0.6 is 0 Å². The molecule has 30 heavy (non-hydrogen) atoms. The average molecular weight is 404 g/mol. The Balaban J connectivity index is 1.81. The maximum absolute atomic E-state index is 12.0. The molecule has 2 N–H and O–H groups in total. The summed E-state index contributed by atoms with van der Waals surface area (Å²) in [6, 6.07) is 29.3. The quantitative estimate of drug-likeness (QED) is 0.488. The summed E-state index contributed by atoms with van der Waals surface area (Å²) in [7, 11) is 0. The highest BCUT2D eigenvalue weighted by Crippen LogP contribution is 2.41. The van der Waals surface area contributed by atoms with E-state index in [2.05, 4.69) is 0 Å². The van der Waals surface area contributed by atoms with Gasteiger partial charge in [0.2, 0.25) is 0 Å². The summed E-state index contributed by atoms with van der Waals surface area (Å²) >= 11 is 0. The lowest BCUT2D eigenvalue weighted by Gasteiger charge is -2.36. The van der Waals surface area contributed by atoms with Crippen molar-refractivity contribution >= 4 is 5.97 Å². The van der Waals surface area contributed by atoms with E-state index in [0.29, 0.717) is 0 Å². The zero-order valence-corrected chi connectivity index (χ0v) is 16.6. The van der Waals surface area contributed by atoms with E-state index >= 15 is 0 Å². The van der Waals surface area contributed by atoms with Crippen LogP contribution in [0.5, 0.6) is 0 Å². The van der Waals surface area contributed by atoms with Crippen LogP contribution < -0.4 is 0 Å². The predicted molar refractivity (Wildman–Crippen MR) is 112 cm³/mol. The first kappa shape index (κ1) is 20.3. The molecule has 154 valence electrons. The molecule has 5 nitrogen and oxygen atoms in total. The zero-order chi connectivity index (χ0) is 21.2. The Bertz CT molecular complexity index is 889. The summed E-state index contributed by atoms with van der Waals surface area (Å²) in [5, 5.41) is 20.6. The maximum atomic E-state index is 12.0. The number of aliphatic hydroxyl groups is 2. The average Bonchev–Trinajstić information content (AvgIpc) is 2.99. The van der Waals surface area contributed by atoms with E-state index < -0.39 is 29.4 Å². The van der Waals surface area contributed by atoms with Gasteiger partial charge in [-0.1, -0.05) is 91.0 Å². The van der Waals surface area contributed by atoms with E-state index in [9.17, 15) is 15.0 Å². The number of cyclic esters (lactones) is 1. The molecular formula is C25H24O5. The number of carbonyl (C=O) groups is 1. The van der Waals surface area contributed by atoms with Crippen LogP contribution in [-0.2, 0) is 19.9 Å². The molecule has 1 fully saturated rings. The maximum Gasteiger partial charge on any atom is 0.341 e. The minimum absolute atomic E-state index is 0.0955. The van der Waals surface area contributed by atoms with E-state index in [1.807, 2.05) is 91.0 Å². The number of hydrogen-bond acceptors (Lipinski definition) is 5. The SMILES string of the molecule is C[C@]1(O)C(=O)O[C@H](COC(c2ccccc2)(c2ccccc2)c2ccccc2)[C@H]1O. The van der Waals surface area contributed by atoms with Gasteiger partial charge in [-0.25, -0.2) is 4.79 Å². The molecule has 1 aliphatic rings. The molecule has 0 spiro atoms. The van der Waals surface area contributed by atoms with Gasteiger partial charge in [-0.05, 0) is 23.6 Å². The fourth-order valence-corrected chi connectivity index (χ4v) is 3.90. The molecule has 5 heteroatoms. The summed E-state index contributed by atoms with van der Waals surface area (Å²) in [4.78, 5) is 12.0. The molecular weight excluding hydrogens is 380 g/mol. The predicted octanol–water partition coefficient (Wildman–Crippen LogP) is 3.03. The van der Waals surface area contributed by atoms with Crippen LogP contribution in [0.3, 0.4) is 0 Å². The van der Waals surface area contributed by atoms with E-state index in [0.717, 1.165) is 16.7 Å². The third-order valence-corrected chi connectivity index (χ3v) is 5.60. The van der Waals surface area contributed by atoms with Gasteiger partial charge >= 0.3 is 5.97 Å². The number of hydrogen-bond donors (Lipinski definition) is 2. The minimum atomic E-state index is -1.96. The van der Waals surface area contributed by atoms with Gasteiger partial charge in [0.15, 0.2) is 11.7 Å². The number of aliphatic hydroxyl groups excluding tert-OH is 1. The van der Waals surface area contributed by atoms with Crippen molar-refractivity contribution in [3.63, 3.8) is 0 Å². The van der Waals surface area contributed by atoms with E-state index in [4.69, 9.17) is 9.47 Å². The van der Waals surface area contributed by atoms with E-state index in [1.165, 1.54) is 6.92 Å². The van der Waals surface area contributed by atoms with Crippen LogP contribution in [0.1, 0.15) is 23.6 Å². The second-order valence-electron chi connectivity index (χ2n) is 7.63. The molecule has 0 radical (unpaired) electrons. The molecule has 0 unspecified atom stereocenters. The molecule has 4 rings (SSSR count). The van der Waals surface area contributed by atoms with Crippen molar-refractivity contribution in [1.82, 2.24) is 0 Å². The van der Waals surface area contributed by atoms with Gasteiger partial charge in [0.1, 0.15) is 11.7 Å². The molecule has 3 aromatic carbocycles. The van der Waals surface area contributed by atoms with Crippen molar-refractivity contribution in [2.24, 2.45) is 0 Å². The Labute approximate surface area is 175 Å². The Hall–Kier alpha value is -2.99. The van der Waals surface area contributed by atoms with Gasteiger partial charge in [-0.3, -0.25) is 0 Å². The lowest BCUT2D eigenvalue weighted by Crippen LogP contribution is -2.45. The summed E-state index contributed by atoms with van der Waals surface area (Å²) in [6.07, 6.45) is -2.37. The van der Waals surface area contributed by atoms with Crippen molar-refractivity contribution < 1.29 is 24.5 Å². The molecule has 0 saturated carbocycles. The molecule has 0 aromatic heterocycles. The first-order valence-corrected chi connectivity index (χ1v) is 9.88. The molecule has 0 aliphatic carbocycles. The fraction of sp³-hybridized carbons (Fsp3) is 0.240. The van der Waals surface area contributed by atoms with Crippen molar-refractivity contribution in [1.29, 1.82) is 0 Å². The Morgan fingerprint density at radius 2 is 1.27 bits per heavy atom.